The van der Waals surface area contributed by atoms with E-state index in [9.17, 15) is 5.26 Å². The lowest BCUT2D eigenvalue weighted by atomic mass is 10.0. The standard InChI is InChI=1S/C17H24N4/c1-3-21-9-7-15(8-10-21)20(2)17-14(12-18)11-13-5-4-6-16(13)19-17/h11,15H,3-10H2,1-2H3. The molecule has 1 aromatic heterocycles. The maximum Gasteiger partial charge on any atom is 0.146 e. The van der Waals surface area contributed by atoms with Crippen LogP contribution in [-0.4, -0.2) is 42.6 Å². The maximum absolute atomic E-state index is 9.45. The largest absolute Gasteiger partial charge is 0.355 e. The van der Waals surface area contributed by atoms with Gasteiger partial charge in [-0.25, -0.2) is 4.98 Å². The highest BCUT2D eigenvalue weighted by molar-refractivity contribution is 5.57. The first-order chi connectivity index (χ1) is 10.2. The number of hydrogen-bond acceptors (Lipinski definition) is 4. The molecule has 4 nitrogen and oxygen atoms in total. The van der Waals surface area contributed by atoms with E-state index in [-0.39, 0.29) is 0 Å². The molecular formula is C17H24N4. The number of nitriles is 1. The van der Waals surface area contributed by atoms with Crippen molar-refractivity contribution in [3.8, 4) is 6.07 Å². The van der Waals surface area contributed by atoms with Gasteiger partial charge in [-0.3, -0.25) is 0 Å². The summed E-state index contributed by atoms with van der Waals surface area (Å²) in [6.07, 6.45) is 5.64. The Morgan fingerprint density at radius 2 is 2.14 bits per heavy atom. The van der Waals surface area contributed by atoms with E-state index < -0.39 is 0 Å². The van der Waals surface area contributed by atoms with Gasteiger partial charge in [0.25, 0.3) is 0 Å². The van der Waals surface area contributed by atoms with Gasteiger partial charge < -0.3 is 9.80 Å². The van der Waals surface area contributed by atoms with Crippen molar-refractivity contribution in [2.24, 2.45) is 0 Å². The fourth-order valence-corrected chi connectivity index (χ4v) is 3.61. The Morgan fingerprint density at radius 1 is 1.38 bits per heavy atom. The first-order valence-corrected chi connectivity index (χ1v) is 8.11. The minimum atomic E-state index is 0.506. The van der Waals surface area contributed by atoms with E-state index >= 15 is 0 Å². The first-order valence-electron chi connectivity index (χ1n) is 8.11. The van der Waals surface area contributed by atoms with Gasteiger partial charge >= 0.3 is 0 Å². The van der Waals surface area contributed by atoms with Crippen molar-refractivity contribution in [3.05, 3.63) is 22.9 Å². The summed E-state index contributed by atoms with van der Waals surface area (Å²) in [4.78, 5) is 9.57. The fourth-order valence-electron chi connectivity index (χ4n) is 3.61. The van der Waals surface area contributed by atoms with E-state index in [2.05, 4.69) is 35.9 Å². The predicted molar refractivity (Wildman–Crippen MR) is 84.5 cm³/mol. The third kappa shape index (κ3) is 2.75. The van der Waals surface area contributed by atoms with Crippen LogP contribution < -0.4 is 4.90 Å². The summed E-state index contributed by atoms with van der Waals surface area (Å²) in [5.74, 6) is 0.896. The second-order valence-corrected chi connectivity index (χ2v) is 6.21. The summed E-state index contributed by atoms with van der Waals surface area (Å²) < 4.78 is 0. The molecule has 1 fully saturated rings. The van der Waals surface area contributed by atoms with Gasteiger partial charge in [0.15, 0.2) is 0 Å². The summed E-state index contributed by atoms with van der Waals surface area (Å²) >= 11 is 0. The zero-order chi connectivity index (χ0) is 14.8. The van der Waals surface area contributed by atoms with Crippen LogP contribution in [0, 0.1) is 11.3 Å². The number of pyridine rings is 1. The van der Waals surface area contributed by atoms with Crippen molar-refractivity contribution in [1.29, 1.82) is 5.26 Å². The Morgan fingerprint density at radius 3 is 2.81 bits per heavy atom. The van der Waals surface area contributed by atoms with E-state index in [1.54, 1.807) is 0 Å². The Kier molecular flexibility index (Phi) is 4.12. The van der Waals surface area contributed by atoms with Gasteiger partial charge in [-0.05, 0) is 50.3 Å². The van der Waals surface area contributed by atoms with Gasteiger partial charge in [0.05, 0.1) is 5.56 Å². The fraction of sp³-hybridized carbons (Fsp3) is 0.647. The molecule has 0 unspecified atom stereocenters. The summed E-state index contributed by atoms with van der Waals surface area (Å²) in [5, 5.41) is 9.45. The predicted octanol–water partition coefficient (Wildman–Crippen LogP) is 2.36. The van der Waals surface area contributed by atoms with E-state index in [0.29, 0.717) is 6.04 Å². The Hall–Kier alpha value is -1.60. The minimum absolute atomic E-state index is 0.506. The number of aromatic nitrogens is 1. The molecule has 0 bridgehead atoms. The molecule has 2 aliphatic rings. The Labute approximate surface area is 127 Å². The maximum atomic E-state index is 9.45. The molecule has 0 atom stereocenters. The number of hydrogen-bond donors (Lipinski definition) is 0. The molecule has 0 radical (unpaired) electrons. The van der Waals surface area contributed by atoms with Crippen LogP contribution in [0.4, 0.5) is 5.82 Å². The summed E-state index contributed by atoms with van der Waals surface area (Å²) in [6.45, 7) is 5.66. The van der Waals surface area contributed by atoms with Crippen LogP contribution >= 0.6 is 0 Å². The van der Waals surface area contributed by atoms with Crippen LogP contribution in [0.2, 0.25) is 0 Å². The van der Waals surface area contributed by atoms with E-state index in [1.807, 2.05) is 0 Å². The summed E-state index contributed by atoms with van der Waals surface area (Å²) in [6, 6.07) is 4.93. The number of fused-ring (bicyclic) bond motifs is 1. The van der Waals surface area contributed by atoms with Crippen LogP contribution in [0.5, 0.6) is 0 Å². The molecule has 0 saturated carbocycles. The molecule has 4 heteroatoms. The normalized spacial score (nSPS) is 19.3. The molecule has 3 rings (SSSR count). The second-order valence-electron chi connectivity index (χ2n) is 6.21. The third-order valence-electron chi connectivity index (χ3n) is 5.04. The highest BCUT2D eigenvalue weighted by Crippen LogP contribution is 2.29. The molecule has 1 aliphatic heterocycles. The summed E-state index contributed by atoms with van der Waals surface area (Å²) in [7, 11) is 2.11. The molecule has 2 heterocycles. The smallest absolute Gasteiger partial charge is 0.146 e. The number of anilines is 1. The molecule has 112 valence electrons. The number of rotatable bonds is 3. The zero-order valence-corrected chi connectivity index (χ0v) is 13.1. The van der Waals surface area contributed by atoms with Gasteiger partial charge in [0, 0.05) is 31.9 Å². The second kappa shape index (κ2) is 6.03. The molecular weight excluding hydrogens is 260 g/mol. The molecule has 1 saturated heterocycles. The molecule has 0 N–H and O–H groups in total. The minimum Gasteiger partial charge on any atom is -0.355 e. The quantitative estimate of drug-likeness (QED) is 0.854. The average molecular weight is 284 g/mol. The lowest BCUT2D eigenvalue weighted by Gasteiger charge is -2.37. The average Bonchev–Trinajstić information content (AvgIpc) is 3.00. The highest BCUT2D eigenvalue weighted by Gasteiger charge is 2.25. The summed E-state index contributed by atoms with van der Waals surface area (Å²) in [5.41, 5.74) is 3.24. The molecule has 0 spiro atoms. The number of nitrogens with zero attached hydrogens (tertiary/aromatic N) is 4. The van der Waals surface area contributed by atoms with Crippen LogP contribution in [0.1, 0.15) is 43.0 Å². The van der Waals surface area contributed by atoms with Crippen LogP contribution in [0.25, 0.3) is 0 Å². The van der Waals surface area contributed by atoms with Crippen molar-refractivity contribution in [2.45, 2.75) is 45.1 Å². The van der Waals surface area contributed by atoms with Gasteiger partial charge in [0.1, 0.15) is 11.9 Å². The van der Waals surface area contributed by atoms with Crippen LogP contribution in [0.15, 0.2) is 6.07 Å². The van der Waals surface area contributed by atoms with E-state index in [0.717, 1.165) is 56.7 Å². The number of aryl methyl sites for hydroxylation is 2. The molecule has 0 aromatic carbocycles. The lowest BCUT2D eigenvalue weighted by molar-refractivity contribution is 0.220. The molecule has 1 aromatic rings. The topological polar surface area (TPSA) is 43.2 Å². The number of piperidine rings is 1. The Balaban J connectivity index is 1.81. The molecule has 21 heavy (non-hydrogen) atoms. The van der Waals surface area contributed by atoms with Crippen molar-refractivity contribution in [1.82, 2.24) is 9.88 Å². The first kappa shape index (κ1) is 14.3. The SMILES string of the molecule is CCN1CCC(N(C)c2nc3c(cc2C#N)CCC3)CC1. The van der Waals surface area contributed by atoms with Crippen molar-refractivity contribution >= 4 is 5.82 Å². The monoisotopic (exact) mass is 284 g/mol. The van der Waals surface area contributed by atoms with Crippen molar-refractivity contribution in [2.75, 3.05) is 31.6 Å². The van der Waals surface area contributed by atoms with Gasteiger partial charge in [0.2, 0.25) is 0 Å². The Bertz CT molecular complexity index is 553. The van der Waals surface area contributed by atoms with Crippen LogP contribution in [-0.2, 0) is 12.8 Å². The number of likely N-dealkylation sites (tertiary alicyclic amines) is 1. The van der Waals surface area contributed by atoms with Gasteiger partial charge in [-0.15, -0.1) is 0 Å². The molecule has 0 amide bonds. The van der Waals surface area contributed by atoms with E-state index in [1.165, 1.54) is 17.7 Å². The van der Waals surface area contributed by atoms with Gasteiger partial charge in [-0.1, -0.05) is 6.92 Å². The van der Waals surface area contributed by atoms with E-state index in [4.69, 9.17) is 4.98 Å². The molecule has 1 aliphatic carbocycles. The van der Waals surface area contributed by atoms with Crippen LogP contribution in [0.3, 0.4) is 0 Å². The third-order valence-corrected chi connectivity index (χ3v) is 5.04. The lowest BCUT2D eigenvalue weighted by Crippen LogP contribution is -2.43. The highest BCUT2D eigenvalue weighted by atomic mass is 15.2. The van der Waals surface area contributed by atoms with Gasteiger partial charge in [-0.2, -0.15) is 5.26 Å². The van der Waals surface area contributed by atoms with Crippen molar-refractivity contribution < 1.29 is 0 Å². The van der Waals surface area contributed by atoms with Crippen molar-refractivity contribution in [3.63, 3.8) is 0 Å². The zero-order valence-electron chi connectivity index (χ0n) is 13.1.